The Hall–Kier alpha value is -6.00. The van der Waals surface area contributed by atoms with Crippen LogP contribution in [-0.2, 0) is 0 Å². The number of nitrogens with zero attached hydrogens (tertiary/aromatic N) is 2. The highest BCUT2D eigenvalue weighted by atomic mass is 16.5. The highest BCUT2D eigenvalue weighted by Crippen LogP contribution is 2.37. The molecule has 48 heavy (non-hydrogen) atoms. The van der Waals surface area contributed by atoms with Gasteiger partial charge in [0.15, 0.2) is 0 Å². The van der Waals surface area contributed by atoms with Crippen molar-refractivity contribution in [3.05, 3.63) is 176 Å². The third kappa shape index (κ3) is 6.60. The predicted octanol–water partition coefficient (Wildman–Crippen LogP) is 11.9. The van der Waals surface area contributed by atoms with Crippen molar-refractivity contribution in [2.24, 2.45) is 0 Å². The van der Waals surface area contributed by atoms with Crippen LogP contribution in [0.5, 0.6) is 11.5 Å². The van der Waals surface area contributed by atoms with E-state index < -0.39 is 0 Å². The number of hydrogen-bond donors (Lipinski definition) is 0. The van der Waals surface area contributed by atoms with Gasteiger partial charge in [-0.15, -0.1) is 0 Å². The summed E-state index contributed by atoms with van der Waals surface area (Å²) in [6.45, 7) is 0. The Kier molecular flexibility index (Phi) is 9.06. The van der Waals surface area contributed by atoms with Crippen molar-refractivity contribution in [3.8, 4) is 33.8 Å². The molecule has 0 unspecified atom stereocenters. The van der Waals surface area contributed by atoms with Crippen molar-refractivity contribution in [3.63, 3.8) is 0 Å². The lowest BCUT2D eigenvalue weighted by molar-refractivity contribution is 0.414. The number of methoxy groups -OCH3 is 2. The average molecular weight is 627 g/mol. The first-order valence-corrected chi connectivity index (χ1v) is 16.3. The number of benzene rings is 6. The molecule has 0 fully saturated rings. The third-order valence-corrected chi connectivity index (χ3v) is 8.71. The largest absolute Gasteiger partial charge is 0.497 e. The van der Waals surface area contributed by atoms with Gasteiger partial charge in [0.2, 0.25) is 0 Å². The molecule has 1 aliphatic carbocycles. The van der Waals surface area contributed by atoms with E-state index in [1.165, 1.54) is 28.0 Å². The summed E-state index contributed by atoms with van der Waals surface area (Å²) in [5.74, 6) is 1.69. The van der Waals surface area contributed by atoms with Gasteiger partial charge in [-0.05, 0) is 126 Å². The van der Waals surface area contributed by atoms with Crippen LogP contribution in [0.15, 0.2) is 176 Å². The van der Waals surface area contributed by atoms with E-state index in [0.29, 0.717) is 0 Å². The lowest BCUT2D eigenvalue weighted by Gasteiger charge is -2.28. The van der Waals surface area contributed by atoms with Crippen LogP contribution in [0.1, 0.15) is 12.8 Å². The van der Waals surface area contributed by atoms with Gasteiger partial charge in [-0.1, -0.05) is 78.9 Å². The van der Waals surface area contributed by atoms with E-state index in [0.717, 1.165) is 52.8 Å². The van der Waals surface area contributed by atoms with Gasteiger partial charge in [0, 0.05) is 34.1 Å². The van der Waals surface area contributed by atoms with E-state index >= 15 is 0 Å². The summed E-state index contributed by atoms with van der Waals surface area (Å²) in [4.78, 5) is 4.56. The quantitative estimate of drug-likeness (QED) is 0.151. The zero-order chi connectivity index (χ0) is 32.7. The van der Waals surface area contributed by atoms with E-state index in [4.69, 9.17) is 9.47 Å². The minimum absolute atomic E-state index is 0.839. The molecule has 1 aliphatic rings. The molecule has 0 amide bonds. The monoisotopic (exact) mass is 626 g/mol. The second kappa shape index (κ2) is 14.2. The fourth-order valence-electron chi connectivity index (χ4n) is 6.16. The highest BCUT2D eigenvalue weighted by Gasteiger charge is 2.16. The van der Waals surface area contributed by atoms with E-state index in [1.807, 2.05) is 30.3 Å². The van der Waals surface area contributed by atoms with Crippen molar-refractivity contribution >= 4 is 28.4 Å². The first kappa shape index (κ1) is 30.6. The van der Waals surface area contributed by atoms with Gasteiger partial charge in [0.25, 0.3) is 0 Å². The molecule has 6 aromatic carbocycles. The van der Waals surface area contributed by atoms with Crippen LogP contribution in [0.2, 0.25) is 0 Å². The number of para-hydroxylation sites is 1. The smallest absolute Gasteiger partial charge is 0.119 e. The molecular formula is C44H38N2O2. The van der Waals surface area contributed by atoms with E-state index in [9.17, 15) is 0 Å². The van der Waals surface area contributed by atoms with Crippen molar-refractivity contribution in [1.82, 2.24) is 0 Å². The minimum atomic E-state index is 0.839. The van der Waals surface area contributed by atoms with Gasteiger partial charge in [-0.2, -0.15) is 0 Å². The zero-order valence-corrected chi connectivity index (χ0v) is 27.3. The van der Waals surface area contributed by atoms with Crippen molar-refractivity contribution in [1.29, 1.82) is 0 Å². The molecule has 7 rings (SSSR count). The maximum atomic E-state index is 5.40. The normalized spacial score (nSPS) is 12.2. The summed E-state index contributed by atoms with van der Waals surface area (Å²) in [6.07, 6.45) is 8.89. The molecule has 0 N–H and O–H groups in total. The average Bonchev–Trinajstić information content (AvgIpc) is 3.17. The first-order chi connectivity index (χ1) is 23.7. The summed E-state index contributed by atoms with van der Waals surface area (Å²) >= 11 is 0. The molecule has 0 bridgehead atoms. The van der Waals surface area contributed by atoms with E-state index in [1.54, 1.807) is 14.2 Å². The van der Waals surface area contributed by atoms with Crippen LogP contribution >= 0.6 is 0 Å². The Bertz CT molecular complexity index is 2000. The Morgan fingerprint density at radius 3 is 1.17 bits per heavy atom. The van der Waals surface area contributed by atoms with Gasteiger partial charge in [0.05, 0.1) is 14.2 Å². The molecule has 0 atom stereocenters. The Labute approximate surface area is 283 Å². The van der Waals surface area contributed by atoms with Gasteiger partial charge < -0.3 is 19.3 Å². The molecule has 0 aliphatic heterocycles. The van der Waals surface area contributed by atoms with Gasteiger partial charge in [0.1, 0.15) is 11.5 Å². The molecule has 4 heteroatoms. The topological polar surface area (TPSA) is 24.9 Å². The second-order valence-electron chi connectivity index (χ2n) is 11.7. The summed E-state index contributed by atoms with van der Waals surface area (Å²) in [7, 11) is 3.39. The van der Waals surface area contributed by atoms with Crippen molar-refractivity contribution in [2.75, 3.05) is 24.0 Å². The molecule has 0 spiro atoms. The maximum absolute atomic E-state index is 5.40. The van der Waals surface area contributed by atoms with E-state index in [-0.39, 0.29) is 0 Å². The molecule has 0 heterocycles. The lowest BCUT2D eigenvalue weighted by atomic mass is 9.99. The summed E-state index contributed by atoms with van der Waals surface area (Å²) in [5, 5.41) is 0. The van der Waals surface area contributed by atoms with Crippen molar-refractivity contribution < 1.29 is 9.47 Å². The van der Waals surface area contributed by atoms with Crippen LogP contribution in [0.25, 0.3) is 22.3 Å². The van der Waals surface area contributed by atoms with Crippen molar-refractivity contribution in [2.45, 2.75) is 12.8 Å². The molecule has 6 aromatic rings. The second-order valence-corrected chi connectivity index (χ2v) is 11.7. The SMILES string of the molecule is COc1ccc(N(C2=CCCC=C2)c2ccc(-c3ccc(-c4ccc(N(c5ccccc5)c5ccc(OC)cc5)cc4)cc3)cc2)cc1. The molecule has 236 valence electrons. The lowest BCUT2D eigenvalue weighted by Crippen LogP contribution is -2.16. The molecule has 0 saturated heterocycles. The molecule has 4 nitrogen and oxygen atoms in total. The van der Waals surface area contributed by atoms with Crippen LogP contribution in [-0.4, -0.2) is 14.2 Å². The number of anilines is 5. The van der Waals surface area contributed by atoms with Gasteiger partial charge in [-0.25, -0.2) is 0 Å². The van der Waals surface area contributed by atoms with Crippen LogP contribution in [0, 0.1) is 0 Å². The van der Waals surface area contributed by atoms with Gasteiger partial charge in [-0.3, -0.25) is 0 Å². The molecule has 0 radical (unpaired) electrons. The molecule has 0 aromatic heterocycles. The molecular weight excluding hydrogens is 588 g/mol. The van der Waals surface area contributed by atoms with Crippen LogP contribution in [0.4, 0.5) is 28.4 Å². The summed E-state index contributed by atoms with van der Waals surface area (Å²) < 4.78 is 10.8. The van der Waals surface area contributed by atoms with E-state index in [2.05, 4.69) is 149 Å². The highest BCUT2D eigenvalue weighted by molar-refractivity contribution is 5.79. The van der Waals surface area contributed by atoms with Crippen LogP contribution in [0.3, 0.4) is 0 Å². The third-order valence-electron chi connectivity index (χ3n) is 8.71. The fraction of sp³-hybridized carbons (Fsp3) is 0.0909. The maximum Gasteiger partial charge on any atom is 0.119 e. The summed E-state index contributed by atoms with van der Waals surface area (Å²) in [5.41, 5.74) is 11.4. The number of hydrogen-bond acceptors (Lipinski definition) is 4. The number of allylic oxidation sites excluding steroid dienone is 3. The summed E-state index contributed by atoms with van der Waals surface area (Å²) in [6, 6.07) is 53.3. The zero-order valence-electron chi connectivity index (χ0n) is 27.3. The Morgan fingerprint density at radius 2 is 0.771 bits per heavy atom. The first-order valence-electron chi connectivity index (χ1n) is 16.3. The van der Waals surface area contributed by atoms with Crippen LogP contribution < -0.4 is 19.3 Å². The number of ether oxygens (including phenoxy) is 2. The number of rotatable bonds is 10. The fourth-order valence-corrected chi connectivity index (χ4v) is 6.16. The minimum Gasteiger partial charge on any atom is -0.497 e. The Balaban J connectivity index is 1.11. The standard InChI is InChI=1S/C44H38N2O2/c1-47-43-29-25-41(26-30-43)45(37-9-5-3-6-10-37)39-21-17-35(18-22-39)33-13-15-34(16-14-33)36-19-23-40(24-20-36)46(38-11-7-4-8-12-38)42-27-31-44(48-2)32-28-42/h3,5-7,9-32H,4,8H2,1-2H3. The molecule has 0 saturated carbocycles. The predicted molar refractivity (Wildman–Crippen MR) is 200 cm³/mol. The Morgan fingerprint density at radius 1 is 0.396 bits per heavy atom. The van der Waals surface area contributed by atoms with Gasteiger partial charge >= 0.3 is 0 Å².